The molecule has 26 heavy (non-hydrogen) atoms. The number of carbonyl (C=O) groups is 1. The van der Waals surface area contributed by atoms with Crippen LogP contribution in [0.3, 0.4) is 0 Å². The molecule has 2 atom stereocenters. The fourth-order valence-corrected chi connectivity index (χ4v) is 3.62. The molecule has 0 radical (unpaired) electrons. The fourth-order valence-electron chi connectivity index (χ4n) is 3.62. The molecule has 0 fully saturated rings. The Kier molecular flexibility index (Phi) is 7.65. The molecule has 0 saturated carbocycles. The van der Waals surface area contributed by atoms with Crippen LogP contribution in [0, 0.1) is 5.92 Å². The zero-order valence-electron chi connectivity index (χ0n) is 16.3. The maximum atomic E-state index is 12.8. The number of hydrogen-bond acceptors (Lipinski definition) is 3. The number of rotatable bonds is 10. The van der Waals surface area contributed by atoms with Crippen molar-refractivity contribution in [3.63, 3.8) is 0 Å². The molecule has 0 spiro atoms. The second kappa shape index (κ2) is 9.72. The molecule has 142 valence electrons. The van der Waals surface area contributed by atoms with E-state index in [0.29, 0.717) is 12.5 Å². The number of fused-ring (bicyclic) bond motifs is 1. The minimum Gasteiger partial charge on any atom is -0.465 e. The van der Waals surface area contributed by atoms with Crippen LogP contribution in [0.4, 0.5) is 0 Å². The lowest BCUT2D eigenvalue weighted by Gasteiger charge is -2.27. The summed E-state index contributed by atoms with van der Waals surface area (Å²) in [4.78, 5) is 12.8. The van der Waals surface area contributed by atoms with E-state index in [1.54, 1.807) is 6.92 Å². The molecule has 0 aliphatic heterocycles. The van der Waals surface area contributed by atoms with Gasteiger partial charge >= 0.3 is 5.97 Å². The van der Waals surface area contributed by atoms with E-state index in [1.165, 1.54) is 19.3 Å². The molecule has 0 saturated heterocycles. The lowest BCUT2D eigenvalue weighted by molar-refractivity contribution is -0.151. The fraction of sp³-hybridized carbons (Fsp3) is 0.522. The number of esters is 1. The summed E-state index contributed by atoms with van der Waals surface area (Å²) >= 11 is 0. The van der Waals surface area contributed by atoms with Crippen molar-refractivity contribution in [1.82, 2.24) is 0 Å². The van der Waals surface area contributed by atoms with Crippen LogP contribution in [-0.4, -0.2) is 24.3 Å². The highest BCUT2D eigenvalue weighted by Gasteiger charge is 2.37. The molecule has 0 heterocycles. The molecule has 0 bridgehead atoms. The van der Waals surface area contributed by atoms with Gasteiger partial charge in [-0.1, -0.05) is 75.6 Å². The standard InChI is InChI=1S/C23H32O3/c1-4-10-18(5-2)11-9-16-26-22(25)23(3,17-24)21-15-8-13-19-12-6-7-14-20(19)21/h6-8,12-15,18,24H,4-5,9-11,16-17H2,1-3H3/t18-,23+/m0/s1. The van der Waals surface area contributed by atoms with Gasteiger partial charge in [-0.05, 0) is 42.0 Å². The Morgan fingerprint density at radius 2 is 1.85 bits per heavy atom. The number of carbonyl (C=O) groups excluding carboxylic acids is 1. The summed E-state index contributed by atoms with van der Waals surface area (Å²) in [5.74, 6) is 0.362. The number of ether oxygens (including phenoxy) is 1. The van der Waals surface area contributed by atoms with E-state index in [0.717, 1.165) is 29.2 Å². The first-order chi connectivity index (χ1) is 12.6. The number of hydrogen-bond donors (Lipinski definition) is 1. The molecule has 0 aromatic heterocycles. The predicted octanol–water partition coefficient (Wildman–Crippen LogP) is 5.24. The summed E-state index contributed by atoms with van der Waals surface area (Å²) < 4.78 is 5.58. The number of benzene rings is 2. The number of aliphatic hydroxyl groups is 1. The second-order valence-electron chi connectivity index (χ2n) is 7.36. The average Bonchev–Trinajstić information content (AvgIpc) is 2.69. The number of aliphatic hydroxyl groups excluding tert-OH is 1. The Morgan fingerprint density at radius 3 is 2.54 bits per heavy atom. The van der Waals surface area contributed by atoms with Crippen LogP contribution in [0.25, 0.3) is 10.8 Å². The summed E-state index contributed by atoms with van der Waals surface area (Å²) in [5.41, 5.74) is -0.227. The van der Waals surface area contributed by atoms with Gasteiger partial charge in [0, 0.05) is 0 Å². The lowest BCUT2D eigenvalue weighted by Crippen LogP contribution is -2.38. The quantitative estimate of drug-likeness (QED) is 0.468. The summed E-state index contributed by atoms with van der Waals surface area (Å²) in [6.45, 7) is 6.34. The van der Waals surface area contributed by atoms with Gasteiger partial charge in [-0.25, -0.2) is 0 Å². The maximum absolute atomic E-state index is 12.8. The highest BCUT2D eigenvalue weighted by atomic mass is 16.5. The highest BCUT2D eigenvalue weighted by Crippen LogP contribution is 2.31. The first-order valence-corrected chi connectivity index (χ1v) is 9.83. The molecule has 3 heteroatoms. The van der Waals surface area contributed by atoms with E-state index in [2.05, 4.69) is 13.8 Å². The van der Waals surface area contributed by atoms with E-state index < -0.39 is 5.41 Å². The van der Waals surface area contributed by atoms with Gasteiger partial charge in [-0.15, -0.1) is 0 Å². The molecule has 0 aliphatic rings. The van der Waals surface area contributed by atoms with E-state index in [1.807, 2.05) is 42.5 Å². The van der Waals surface area contributed by atoms with Crippen molar-refractivity contribution in [1.29, 1.82) is 0 Å². The van der Waals surface area contributed by atoms with Crippen LogP contribution in [0.1, 0.15) is 58.4 Å². The normalized spacial score (nSPS) is 14.8. The van der Waals surface area contributed by atoms with Crippen LogP contribution in [0.15, 0.2) is 42.5 Å². The van der Waals surface area contributed by atoms with Crippen LogP contribution in [0.2, 0.25) is 0 Å². The molecule has 2 aromatic rings. The van der Waals surface area contributed by atoms with Crippen LogP contribution in [0.5, 0.6) is 0 Å². The Balaban J connectivity index is 2.07. The Labute approximate surface area is 157 Å². The maximum Gasteiger partial charge on any atom is 0.318 e. The summed E-state index contributed by atoms with van der Waals surface area (Å²) in [6, 6.07) is 13.8. The smallest absolute Gasteiger partial charge is 0.318 e. The van der Waals surface area contributed by atoms with Crippen molar-refractivity contribution in [2.24, 2.45) is 5.92 Å². The predicted molar refractivity (Wildman–Crippen MR) is 107 cm³/mol. The van der Waals surface area contributed by atoms with Gasteiger partial charge in [0.05, 0.1) is 13.2 Å². The molecule has 3 nitrogen and oxygen atoms in total. The van der Waals surface area contributed by atoms with E-state index in [9.17, 15) is 9.90 Å². The summed E-state index contributed by atoms with van der Waals surface area (Å²) in [5, 5.41) is 12.1. The van der Waals surface area contributed by atoms with Gasteiger partial charge in [0.15, 0.2) is 0 Å². The topological polar surface area (TPSA) is 46.5 Å². The van der Waals surface area contributed by atoms with Crippen molar-refractivity contribution < 1.29 is 14.6 Å². The van der Waals surface area contributed by atoms with Crippen molar-refractivity contribution in [2.75, 3.05) is 13.2 Å². The minimum atomic E-state index is -1.05. The molecule has 2 rings (SSSR count). The minimum absolute atomic E-state index is 0.271. The third-order valence-corrected chi connectivity index (χ3v) is 5.41. The SMILES string of the molecule is CCC[C@H](CC)CCCOC(=O)[C@](C)(CO)c1cccc2ccccc12. The van der Waals surface area contributed by atoms with Gasteiger partial charge in [-0.3, -0.25) is 4.79 Å². The lowest BCUT2D eigenvalue weighted by atomic mass is 9.80. The monoisotopic (exact) mass is 356 g/mol. The Hall–Kier alpha value is -1.87. The Bertz CT molecular complexity index is 704. The molecular weight excluding hydrogens is 324 g/mol. The van der Waals surface area contributed by atoms with Gasteiger partial charge in [0.1, 0.15) is 5.41 Å². The van der Waals surface area contributed by atoms with Gasteiger partial charge in [0.2, 0.25) is 0 Å². The zero-order valence-corrected chi connectivity index (χ0v) is 16.3. The van der Waals surface area contributed by atoms with Crippen LogP contribution >= 0.6 is 0 Å². The van der Waals surface area contributed by atoms with E-state index in [4.69, 9.17) is 4.74 Å². The van der Waals surface area contributed by atoms with E-state index in [-0.39, 0.29) is 12.6 Å². The molecule has 2 aromatic carbocycles. The summed E-state index contributed by atoms with van der Waals surface area (Å²) in [7, 11) is 0. The van der Waals surface area contributed by atoms with Gasteiger partial charge in [-0.2, -0.15) is 0 Å². The second-order valence-corrected chi connectivity index (χ2v) is 7.36. The van der Waals surface area contributed by atoms with Gasteiger partial charge in [0.25, 0.3) is 0 Å². The van der Waals surface area contributed by atoms with Gasteiger partial charge < -0.3 is 9.84 Å². The molecule has 0 aliphatic carbocycles. The zero-order chi connectivity index (χ0) is 19.0. The molecule has 0 amide bonds. The third kappa shape index (κ3) is 4.64. The van der Waals surface area contributed by atoms with E-state index >= 15 is 0 Å². The van der Waals surface area contributed by atoms with Crippen molar-refractivity contribution in [2.45, 2.75) is 58.3 Å². The first-order valence-electron chi connectivity index (χ1n) is 9.83. The van der Waals surface area contributed by atoms with Crippen molar-refractivity contribution in [3.8, 4) is 0 Å². The molecular formula is C23H32O3. The molecule has 1 N–H and O–H groups in total. The summed E-state index contributed by atoms with van der Waals surface area (Å²) in [6.07, 6.45) is 5.56. The molecule has 0 unspecified atom stereocenters. The average molecular weight is 357 g/mol. The third-order valence-electron chi connectivity index (χ3n) is 5.41. The van der Waals surface area contributed by atoms with Crippen molar-refractivity contribution >= 4 is 16.7 Å². The first kappa shape index (κ1) is 20.4. The Morgan fingerprint density at radius 1 is 1.12 bits per heavy atom. The van der Waals surface area contributed by atoms with Crippen molar-refractivity contribution in [3.05, 3.63) is 48.0 Å². The van der Waals surface area contributed by atoms with Crippen LogP contribution < -0.4 is 0 Å². The van der Waals surface area contributed by atoms with Crippen LogP contribution in [-0.2, 0) is 14.9 Å². The highest BCUT2D eigenvalue weighted by molar-refractivity contribution is 5.93. The largest absolute Gasteiger partial charge is 0.465 e.